The van der Waals surface area contributed by atoms with E-state index in [0.29, 0.717) is 11.4 Å². The summed E-state index contributed by atoms with van der Waals surface area (Å²) in [5, 5.41) is 29.0. The number of anilines is 2. The van der Waals surface area contributed by atoms with Gasteiger partial charge in [-0.2, -0.15) is 10.5 Å². The predicted octanol–water partition coefficient (Wildman–Crippen LogP) is 1.47. The molecule has 0 spiro atoms. The molecule has 1 heterocycles. The summed E-state index contributed by atoms with van der Waals surface area (Å²) in [5.74, 6) is -1.87. The fraction of sp³-hybridized carbons (Fsp3) is 0.200. The Morgan fingerprint density at radius 1 is 1.32 bits per heavy atom. The smallest absolute Gasteiger partial charge is 0.308 e. The Morgan fingerprint density at radius 3 is 2.45 bits per heavy atom. The summed E-state index contributed by atoms with van der Waals surface area (Å²) in [6.45, 7) is 0.161. The quantitative estimate of drug-likeness (QED) is 0.812. The number of aliphatic carboxylic acids is 1. The lowest BCUT2D eigenvalue weighted by atomic mass is 10.1. The lowest BCUT2D eigenvalue weighted by Gasteiger charge is -2.16. The molecule has 22 heavy (non-hydrogen) atoms. The molecule has 0 aromatic heterocycles. The highest BCUT2D eigenvalue weighted by molar-refractivity contribution is 5.99. The van der Waals surface area contributed by atoms with Gasteiger partial charge in [0.2, 0.25) is 5.91 Å². The summed E-state index contributed by atoms with van der Waals surface area (Å²) in [5.41, 5.74) is 1.21. The van der Waals surface area contributed by atoms with E-state index in [1.165, 1.54) is 11.1 Å². The van der Waals surface area contributed by atoms with Crippen LogP contribution in [-0.4, -0.2) is 23.5 Å². The molecule has 7 heteroatoms. The zero-order valence-electron chi connectivity index (χ0n) is 11.5. The van der Waals surface area contributed by atoms with Gasteiger partial charge in [-0.15, -0.1) is 0 Å². The first kappa shape index (κ1) is 15.1. The van der Waals surface area contributed by atoms with Crippen LogP contribution in [0.4, 0.5) is 11.4 Å². The van der Waals surface area contributed by atoms with Gasteiger partial charge in [-0.05, 0) is 24.3 Å². The Balaban J connectivity index is 2.09. The second kappa shape index (κ2) is 6.42. The Bertz CT molecular complexity index is 694. The van der Waals surface area contributed by atoms with Crippen LogP contribution < -0.4 is 10.2 Å². The molecule has 1 aliphatic heterocycles. The predicted molar refractivity (Wildman–Crippen MR) is 77.5 cm³/mol. The number of nitriles is 2. The van der Waals surface area contributed by atoms with E-state index in [1.807, 2.05) is 0 Å². The topological polar surface area (TPSA) is 117 Å². The third kappa shape index (κ3) is 3.22. The molecule has 0 saturated carbocycles. The third-order valence-corrected chi connectivity index (χ3v) is 3.28. The molecule has 110 valence electrons. The third-order valence-electron chi connectivity index (χ3n) is 3.28. The number of hydrogen-bond donors (Lipinski definition) is 2. The number of hydrogen-bond acceptors (Lipinski definition) is 5. The highest BCUT2D eigenvalue weighted by atomic mass is 16.4. The molecule has 1 saturated heterocycles. The first-order chi connectivity index (χ1) is 10.5. The van der Waals surface area contributed by atoms with Crippen LogP contribution in [0, 0.1) is 28.6 Å². The highest BCUT2D eigenvalue weighted by Gasteiger charge is 2.34. The molecule has 1 amide bonds. The molecule has 1 atom stereocenters. The van der Waals surface area contributed by atoms with Crippen LogP contribution in [0.2, 0.25) is 0 Å². The Kier molecular flexibility index (Phi) is 4.40. The van der Waals surface area contributed by atoms with Crippen LogP contribution in [0.15, 0.2) is 36.0 Å². The second-order valence-corrected chi connectivity index (χ2v) is 4.72. The Hall–Kier alpha value is -3.32. The Morgan fingerprint density at radius 2 is 1.95 bits per heavy atom. The molecule has 7 nitrogen and oxygen atoms in total. The van der Waals surface area contributed by atoms with Crippen molar-refractivity contribution in [3.63, 3.8) is 0 Å². The normalized spacial score (nSPS) is 16.5. The maximum atomic E-state index is 11.8. The molecule has 1 aromatic carbocycles. The minimum absolute atomic E-state index is 0.00573. The van der Waals surface area contributed by atoms with Crippen LogP contribution >= 0.6 is 0 Å². The molecular weight excluding hydrogens is 284 g/mol. The molecule has 1 fully saturated rings. The average molecular weight is 296 g/mol. The molecule has 1 aromatic rings. The van der Waals surface area contributed by atoms with Crippen molar-refractivity contribution in [3.05, 3.63) is 36.0 Å². The minimum atomic E-state index is -0.972. The van der Waals surface area contributed by atoms with Crippen molar-refractivity contribution in [3.8, 4) is 12.1 Å². The summed E-state index contributed by atoms with van der Waals surface area (Å²) in [6.07, 6.45) is 1.29. The van der Waals surface area contributed by atoms with Crippen LogP contribution in [-0.2, 0) is 9.59 Å². The van der Waals surface area contributed by atoms with Crippen LogP contribution in [0.5, 0.6) is 0 Å². The number of nitrogens with zero attached hydrogens (tertiary/aromatic N) is 3. The van der Waals surface area contributed by atoms with Crippen molar-refractivity contribution in [1.29, 1.82) is 10.5 Å². The number of carboxylic acids is 1. The molecule has 1 aliphatic rings. The zero-order valence-corrected chi connectivity index (χ0v) is 11.5. The first-order valence-electron chi connectivity index (χ1n) is 6.45. The largest absolute Gasteiger partial charge is 0.481 e. The van der Waals surface area contributed by atoms with Gasteiger partial charge < -0.3 is 15.3 Å². The highest BCUT2D eigenvalue weighted by Crippen LogP contribution is 2.26. The summed E-state index contributed by atoms with van der Waals surface area (Å²) < 4.78 is 0. The van der Waals surface area contributed by atoms with E-state index in [9.17, 15) is 9.59 Å². The number of amides is 1. The number of carboxylic acid groups (broad SMARTS) is 1. The fourth-order valence-corrected chi connectivity index (χ4v) is 2.11. The van der Waals surface area contributed by atoms with Gasteiger partial charge in [-0.1, -0.05) is 0 Å². The van der Waals surface area contributed by atoms with E-state index >= 15 is 0 Å². The Labute approximate surface area is 126 Å². The standard InChI is InChI=1S/C15H12N4O3/c16-6-10(7-17)8-18-12-1-3-13(4-2-12)19-9-11(15(21)22)5-14(19)20/h1-4,8,11,18H,5,9H2,(H,21,22). The van der Waals surface area contributed by atoms with Crippen molar-refractivity contribution in [2.45, 2.75) is 6.42 Å². The molecule has 0 aliphatic carbocycles. The van der Waals surface area contributed by atoms with Gasteiger partial charge >= 0.3 is 5.97 Å². The number of allylic oxidation sites excluding steroid dienone is 1. The fourth-order valence-electron chi connectivity index (χ4n) is 2.11. The maximum absolute atomic E-state index is 11.8. The average Bonchev–Trinajstić information content (AvgIpc) is 2.91. The van der Waals surface area contributed by atoms with Gasteiger partial charge in [0, 0.05) is 30.5 Å². The summed E-state index contributed by atoms with van der Waals surface area (Å²) in [7, 11) is 0. The number of carbonyl (C=O) groups excluding carboxylic acids is 1. The van der Waals surface area contributed by atoms with Crippen molar-refractivity contribution >= 4 is 23.3 Å². The molecule has 2 rings (SSSR count). The monoisotopic (exact) mass is 296 g/mol. The SMILES string of the molecule is N#CC(C#N)=CNc1ccc(N2CC(C(=O)O)CC2=O)cc1. The number of rotatable bonds is 4. The first-order valence-corrected chi connectivity index (χ1v) is 6.45. The lowest BCUT2D eigenvalue weighted by Crippen LogP contribution is -2.25. The van der Waals surface area contributed by atoms with Gasteiger partial charge in [0.25, 0.3) is 0 Å². The maximum Gasteiger partial charge on any atom is 0.308 e. The van der Waals surface area contributed by atoms with Gasteiger partial charge in [0.15, 0.2) is 0 Å². The van der Waals surface area contributed by atoms with Crippen molar-refractivity contribution < 1.29 is 14.7 Å². The van der Waals surface area contributed by atoms with E-state index < -0.39 is 11.9 Å². The summed E-state index contributed by atoms with van der Waals surface area (Å²) >= 11 is 0. The number of carbonyl (C=O) groups is 2. The van der Waals surface area contributed by atoms with Crippen molar-refractivity contribution in [2.75, 3.05) is 16.8 Å². The minimum Gasteiger partial charge on any atom is -0.481 e. The van der Waals surface area contributed by atoms with Crippen LogP contribution in [0.1, 0.15) is 6.42 Å². The molecule has 1 unspecified atom stereocenters. The number of benzene rings is 1. The lowest BCUT2D eigenvalue weighted by molar-refractivity contribution is -0.141. The number of nitrogens with one attached hydrogen (secondary N) is 1. The zero-order chi connectivity index (χ0) is 16.1. The van der Waals surface area contributed by atoms with Crippen LogP contribution in [0.25, 0.3) is 0 Å². The second-order valence-electron chi connectivity index (χ2n) is 4.72. The van der Waals surface area contributed by atoms with Gasteiger partial charge in [0.1, 0.15) is 17.7 Å². The van der Waals surface area contributed by atoms with E-state index in [1.54, 1.807) is 36.4 Å². The van der Waals surface area contributed by atoms with E-state index in [2.05, 4.69) is 5.32 Å². The van der Waals surface area contributed by atoms with Gasteiger partial charge in [0.05, 0.1) is 5.92 Å². The van der Waals surface area contributed by atoms with E-state index in [0.717, 1.165) is 0 Å². The summed E-state index contributed by atoms with van der Waals surface area (Å²) in [4.78, 5) is 24.2. The van der Waals surface area contributed by atoms with Crippen LogP contribution in [0.3, 0.4) is 0 Å². The van der Waals surface area contributed by atoms with Gasteiger partial charge in [-0.25, -0.2) is 0 Å². The molecule has 2 N–H and O–H groups in total. The van der Waals surface area contributed by atoms with E-state index in [4.69, 9.17) is 15.6 Å². The molecule has 0 radical (unpaired) electrons. The molecule has 0 bridgehead atoms. The summed E-state index contributed by atoms with van der Waals surface area (Å²) in [6, 6.07) is 10.2. The molecular formula is C15H12N4O3. The van der Waals surface area contributed by atoms with E-state index in [-0.39, 0.29) is 24.4 Å². The van der Waals surface area contributed by atoms with Gasteiger partial charge in [-0.3, -0.25) is 9.59 Å². The van der Waals surface area contributed by atoms with Crippen molar-refractivity contribution in [1.82, 2.24) is 0 Å². The van der Waals surface area contributed by atoms with Crippen molar-refractivity contribution in [2.24, 2.45) is 5.92 Å².